The number of nitrogens with two attached hydrogens (primary N) is 1. The van der Waals surface area contributed by atoms with Gasteiger partial charge in [0, 0.05) is 34.8 Å². The number of amides is 1. The third kappa shape index (κ3) is 9.00. The van der Waals surface area contributed by atoms with Crippen molar-refractivity contribution in [3.05, 3.63) is 109 Å². The van der Waals surface area contributed by atoms with Crippen molar-refractivity contribution in [2.75, 3.05) is 18.9 Å². The first-order valence-corrected chi connectivity index (χ1v) is 17.5. The van der Waals surface area contributed by atoms with E-state index in [4.69, 9.17) is 19.7 Å². The van der Waals surface area contributed by atoms with Crippen molar-refractivity contribution in [2.24, 2.45) is 0 Å². The molecule has 51 heavy (non-hydrogen) atoms. The molecule has 0 bridgehead atoms. The van der Waals surface area contributed by atoms with Crippen LogP contribution < -0.4 is 26.1 Å². The number of carbonyl (C=O) groups excluding carboxylic acids is 1. The van der Waals surface area contributed by atoms with Crippen molar-refractivity contribution in [2.45, 2.75) is 104 Å². The van der Waals surface area contributed by atoms with Crippen LogP contribution in [0.25, 0.3) is 5.69 Å². The highest BCUT2D eigenvalue weighted by Gasteiger charge is 2.31. The first-order valence-electron chi connectivity index (χ1n) is 17.5. The van der Waals surface area contributed by atoms with Gasteiger partial charge in [0.2, 0.25) is 0 Å². The number of rotatable bonds is 15. The normalized spacial score (nSPS) is 12.1. The molecule has 0 aliphatic rings. The van der Waals surface area contributed by atoms with Crippen molar-refractivity contribution < 1.29 is 23.7 Å². The predicted molar refractivity (Wildman–Crippen MR) is 200 cm³/mol. The van der Waals surface area contributed by atoms with Crippen LogP contribution in [0.1, 0.15) is 114 Å². The van der Waals surface area contributed by atoms with Crippen LogP contribution in [0.15, 0.2) is 70.0 Å². The van der Waals surface area contributed by atoms with E-state index in [0.717, 1.165) is 35.0 Å². The summed E-state index contributed by atoms with van der Waals surface area (Å²) in [5, 5.41) is 15.0. The van der Waals surface area contributed by atoms with Gasteiger partial charge in [-0.15, -0.1) is 4.74 Å². The summed E-state index contributed by atoms with van der Waals surface area (Å²) < 4.78 is 18.9. The third-order valence-electron chi connectivity index (χ3n) is 9.62. The Balaban J connectivity index is 1.48. The van der Waals surface area contributed by atoms with Crippen LogP contribution in [0.5, 0.6) is 11.5 Å². The largest absolute Gasteiger partial charge is 0.493 e. The zero-order chi connectivity index (χ0) is 37.7. The Morgan fingerprint density at radius 3 is 2.20 bits per heavy atom. The number of hydrogen-bond donors (Lipinski definition) is 2. The number of benzene rings is 3. The number of nitrogens with zero attached hydrogens (tertiary/aromatic N) is 2. The molecule has 0 aliphatic heterocycles. The lowest BCUT2D eigenvalue weighted by atomic mass is 9.76. The Bertz CT molecular complexity index is 1910. The van der Waals surface area contributed by atoms with E-state index in [2.05, 4.69) is 59.0 Å². The summed E-state index contributed by atoms with van der Waals surface area (Å²) in [6, 6.07) is 17.1. The SMILES string of the molecule is CCC(C)(C)c1ccc(OCCCNC(=O)c2ccc(-n3oc(C(C)(C)C)c(COc4ccc(N)cc4)c3=O)c([N+](=O)[O-])c2)c(C(C)(C)CC)c1. The number of aromatic nitrogens is 1. The number of nitrogen functional groups attached to an aromatic ring is 1. The fourth-order valence-electron chi connectivity index (χ4n) is 5.54. The van der Waals surface area contributed by atoms with Gasteiger partial charge in [0.15, 0.2) is 11.4 Å². The minimum Gasteiger partial charge on any atom is -0.493 e. The van der Waals surface area contributed by atoms with Gasteiger partial charge >= 0.3 is 0 Å². The van der Waals surface area contributed by atoms with E-state index < -0.39 is 27.5 Å². The fourth-order valence-corrected chi connectivity index (χ4v) is 5.54. The van der Waals surface area contributed by atoms with Gasteiger partial charge in [-0.1, -0.05) is 74.4 Å². The minimum atomic E-state index is -0.640. The average Bonchev–Trinajstić information content (AvgIpc) is 3.43. The summed E-state index contributed by atoms with van der Waals surface area (Å²) in [7, 11) is 0. The number of nitro benzene ring substituents is 1. The van der Waals surface area contributed by atoms with Gasteiger partial charge in [0.1, 0.15) is 18.1 Å². The zero-order valence-electron chi connectivity index (χ0n) is 31.3. The molecule has 3 aromatic carbocycles. The summed E-state index contributed by atoms with van der Waals surface area (Å²) in [4.78, 5) is 38.3. The van der Waals surface area contributed by atoms with Gasteiger partial charge in [0.25, 0.3) is 17.2 Å². The molecule has 4 aromatic rings. The average molecular weight is 701 g/mol. The van der Waals surface area contributed by atoms with E-state index in [-0.39, 0.29) is 34.3 Å². The molecule has 0 spiro atoms. The molecule has 274 valence electrons. The molecule has 0 atom stereocenters. The van der Waals surface area contributed by atoms with Gasteiger partial charge in [-0.2, -0.15) is 0 Å². The lowest BCUT2D eigenvalue weighted by Crippen LogP contribution is -2.26. The van der Waals surface area contributed by atoms with Crippen molar-refractivity contribution in [1.29, 1.82) is 0 Å². The summed E-state index contributed by atoms with van der Waals surface area (Å²) >= 11 is 0. The lowest BCUT2D eigenvalue weighted by molar-refractivity contribution is -0.384. The Hall–Kier alpha value is -5.06. The lowest BCUT2D eigenvalue weighted by Gasteiger charge is -2.30. The van der Waals surface area contributed by atoms with Gasteiger partial charge < -0.3 is 25.0 Å². The van der Waals surface area contributed by atoms with Crippen LogP contribution in [-0.2, 0) is 22.9 Å². The maximum Gasteiger partial charge on any atom is 0.297 e. The van der Waals surface area contributed by atoms with Crippen molar-refractivity contribution >= 4 is 17.3 Å². The first kappa shape index (κ1) is 38.7. The second-order valence-corrected chi connectivity index (χ2v) is 15.2. The van der Waals surface area contributed by atoms with Crippen molar-refractivity contribution in [3.8, 4) is 17.2 Å². The summed E-state index contributed by atoms with van der Waals surface area (Å²) in [6.45, 7) is 19.4. The predicted octanol–water partition coefficient (Wildman–Crippen LogP) is 8.37. The Labute approximate surface area is 300 Å². The van der Waals surface area contributed by atoms with E-state index >= 15 is 0 Å². The number of hydrogen-bond acceptors (Lipinski definition) is 8. The van der Waals surface area contributed by atoms with Crippen LogP contribution in [-0.4, -0.2) is 28.7 Å². The highest BCUT2D eigenvalue weighted by Crippen LogP contribution is 2.38. The highest BCUT2D eigenvalue weighted by molar-refractivity contribution is 5.95. The van der Waals surface area contributed by atoms with Crippen LogP contribution in [0.4, 0.5) is 11.4 Å². The summed E-state index contributed by atoms with van der Waals surface area (Å²) in [6.07, 6.45) is 2.50. The molecule has 0 aliphatic carbocycles. The van der Waals surface area contributed by atoms with Gasteiger partial charge in [-0.3, -0.25) is 19.7 Å². The Kier molecular flexibility index (Phi) is 11.7. The van der Waals surface area contributed by atoms with E-state index in [0.29, 0.717) is 36.8 Å². The molecule has 4 rings (SSSR count). The molecule has 0 saturated carbocycles. The molecular formula is C40H52N4O7. The molecule has 11 heteroatoms. The number of anilines is 1. The summed E-state index contributed by atoms with van der Waals surface area (Å²) in [5.74, 6) is 1.17. The first-order chi connectivity index (χ1) is 23.9. The maximum atomic E-state index is 13.6. The number of nitrogens with one attached hydrogen (secondary N) is 1. The smallest absolute Gasteiger partial charge is 0.297 e. The fraction of sp³-hybridized carbons (Fsp3) is 0.450. The molecule has 0 saturated heterocycles. The number of nitro groups is 1. The van der Waals surface area contributed by atoms with Crippen molar-refractivity contribution in [1.82, 2.24) is 10.1 Å². The van der Waals surface area contributed by atoms with Crippen molar-refractivity contribution in [3.63, 3.8) is 0 Å². The molecule has 0 unspecified atom stereocenters. The monoisotopic (exact) mass is 700 g/mol. The molecule has 1 aromatic heterocycles. The minimum absolute atomic E-state index is 0.0501. The molecule has 0 fully saturated rings. The van der Waals surface area contributed by atoms with Crippen LogP contribution >= 0.6 is 0 Å². The van der Waals surface area contributed by atoms with Crippen LogP contribution in [0.2, 0.25) is 0 Å². The second-order valence-electron chi connectivity index (χ2n) is 15.2. The molecule has 1 amide bonds. The van der Waals surface area contributed by atoms with Crippen LogP contribution in [0, 0.1) is 10.1 Å². The molecular weight excluding hydrogens is 648 g/mol. The number of carbonyl (C=O) groups is 1. The maximum absolute atomic E-state index is 13.6. The third-order valence-corrected chi connectivity index (χ3v) is 9.62. The molecule has 3 N–H and O–H groups in total. The second kappa shape index (κ2) is 15.4. The Morgan fingerprint density at radius 2 is 1.59 bits per heavy atom. The van der Waals surface area contributed by atoms with E-state index in [1.54, 1.807) is 24.3 Å². The van der Waals surface area contributed by atoms with E-state index in [1.165, 1.54) is 17.7 Å². The van der Waals surface area contributed by atoms with Gasteiger partial charge in [0.05, 0.1) is 17.1 Å². The van der Waals surface area contributed by atoms with Crippen LogP contribution in [0.3, 0.4) is 0 Å². The Morgan fingerprint density at radius 1 is 0.922 bits per heavy atom. The van der Waals surface area contributed by atoms with Gasteiger partial charge in [-0.25, -0.2) is 0 Å². The molecule has 0 radical (unpaired) electrons. The standard InChI is InChI=1S/C40H52N4O7/c1-10-39(6,7)27-14-20-34(31(24-27)40(8,9)11-2)49-22-12-21-42-36(45)26-13-19-32(33(23-26)44(47)48)43-37(46)30(35(51-43)38(3,4)5)25-50-29-17-15-28(41)16-18-29/h13-20,23-24H,10-12,21-22,25,41H2,1-9H3,(H,42,45). The van der Waals surface area contributed by atoms with E-state index in [1.807, 2.05) is 26.8 Å². The topological polar surface area (TPSA) is 152 Å². The van der Waals surface area contributed by atoms with E-state index in [9.17, 15) is 19.7 Å². The van der Waals surface area contributed by atoms with Gasteiger partial charge in [-0.05, 0) is 78.1 Å². The highest BCUT2D eigenvalue weighted by atomic mass is 16.6. The quantitative estimate of drug-likeness (QED) is 0.0543. The zero-order valence-corrected chi connectivity index (χ0v) is 31.3. The molecule has 11 nitrogen and oxygen atoms in total. The molecule has 1 heterocycles. The number of ether oxygens (including phenoxy) is 2. The summed E-state index contributed by atoms with van der Waals surface area (Å²) in [5.41, 5.74) is 7.28.